The van der Waals surface area contributed by atoms with Crippen molar-refractivity contribution in [2.24, 2.45) is 0 Å². The van der Waals surface area contributed by atoms with Gasteiger partial charge in [-0.2, -0.15) is 0 Å². The van der Waals surface area contributed by atoms with Gasteiger partial charge in [0.1, 0.15) is 11.6 Å². The molecule has 1 fully saturated rings. The van der Waals surface area contributed by atoms with Crippen LogP contribution in [-0.2, 0) is 0 Å². The van der Waals surface area contributed by atoms with Crippen molar-refractivity contribution >= 4 is 29.1 Å². The first-order valence-electron chi connectivity index (χ1n) is 8.41. The van der Waals surface area contributed by atoms with Crippen LogP contribution in [-0.4, -0.2) is 24.1 Å². The number of hydrogen-bond donors (Lipinski definition) is 1. The summed E-state index contributed by atoms with van der Waals surface area (Å²) in [4.78, 5) is 9.14. The van der Waals surface area contributed by atoms with Crippen molar-refractivity contribution in [3.05, 3.63) is 48.2 Å². The van der Waals surface area contributed by atoms with Crippen LogP contribution in [0.25, 0.3) is 22.2 Å². The Kier molecular flexibility index (Phi) is 5.09. The van der Waals surface area contributed by atoms with Crippen LogP contribution in [0.15, 0.2) is 42.6 Å². The first-order valence-corrected chi connectivity index (χ1v) is 8.41. The maximum absolute atomic E-state index is 5.65. The lowest BCUT2D eigenvalue weighted by atomic mass is 9.79. The van der Waals surface area contributed by atoms with E-state index in [9.17, 15) is 0 Å². The van der Waals surface area contributed by atoms with Gasteiger partial charge in [0.2, 0.25) is 0 Å². The zero-order chi connectivity index (χ0) is 16.5. The Morgan fingerprint density at radius 1 is 1.12 bits per heavy atom. The van der Waals surface area contributed by atoms with E-state index in [1.807, 2.05) is 25.4 Å². The Bertz CT molecular complexity index is 893. The molecule has 0 radical (unpaired) electrons. The number of methoxy groups -OCH3 is 1. The number of ether oxygens (including phenoxy) is 1. The van der Waals surface area contributed by atoms with Crippen molar-refractivity contribution in [3.8, 4) is 17.0 Å². The van der Waals surface area contributed by atoms with Gasteiger partial charge >= 0.3 is 0 Å². The van der Waals surface area contributed by atoms with Gasteiger partial charge in [-0.3, -0.25) is 0 Å². The number of halogens is 1. The van der Waals surface area contributed by atoms with E-state index in [1.165, 1.54) is 24.8 Å². The predicted octanol–water partition coefficient (Wildman–Crippen LogP) is 5.04. The zero-order valence-corrected chi connectivity index (χ0v) is 15.3. The first kappa shape index (κ1) is 17.5. The minimum atomic E-state index is 0. The Balaban J connectivity index is 0.00000182. The van der Waals surface area contributed by atoms with Crippen LogP contribution in [0.1, 0.15) is 30.7 Å². The van der Waals surface area contributed by atoms with Crippen LogP contribution in [0.5, 0.6) is 5.75 Å². The van der Waals surface area contributed by atoms with Gasteiger partial charge in [0, 0.05) is 30.3 Å². The van der Waals surface area contributed by atoms with Crippen molar-refractivity contribution in [1.29, 1.82) is 0 Å². The minimum absolute atomic E-state index is 0. The molecule has 0 unspecified atom stereocenters. The molecular formula is C20H22ClN3O. The molecule has 130 valence electrons. The normalized spacial score (nSPS) is 13.8. The Labute approximate surface area is 154 Å². The average molecular weight is 356 g/mol. The lowest BCUT2D eigenvalue weighted by molar-refractivity contribution is 0.403. The summed E-state index contributed by atoms with van der Waals surface area (Å²) >= 11 is 0. The third-order valence-corrected chi connectivity index (χ3v) is 4.91. The molecule has 5 heteroatoms. The standard InChI is InChI=1S/C20H21N3O.ClH/c1-21-20-11-18-15(12-22-20)7-9-17(23-18)16-8-6-14(10-19(16)24-2)13-4-3-5-13;/h6-13H,3-5H2,1-2H3,(H,21,22);1H. The molecule has 1 aliphatic rings. The topological polar surface area (TPSA) is 47.0 Å². The Morgan fingerprint density at radius 3 is 2.64 bits per heavy atom. The molecule has 2 heterocycles. The fourth-order valence-corrected chi connectivity index (χ4v) is 3.22. The quantitative estimate of drug-likeness (QED) is 0.712. The van der Waals surface area contributed by atoms with Gasteiger partial charge in [0.15, 0.2) is 0 Å². The molecule has 0 bridgehead atoms. The number of hydrogen-bond acceptors (Lipinski definition) is 4. The molecule has 1 aliphatic carbocycles. The number of anilines is 1. The van der Waals surface area contributed by atoms with E-state index in [4.69, 9.17) is 9.72 Å². The Morgan fingerprint density at radius 2 is 1.96 bits per heavy atom. The summed E-state index contributed by atoms with van der Waals surface area (Å²) in [6.07, 6.45) is 5.75. The highest BCUT2D eigenvalue weighted by molar-refractivity contribution is 5.85. The number of aromatic nitrogens is 2. The van der Waals surface area contributed by atoms with Crippen molar-refractivity contribution in [3.63, 3.8) is 0 Å². The maximum atomic E-state index is 5.65. The summed E-state index contributed by atoms with van der Waals surface area (Å²) in [5.41, 5.74) is 4.26. The smallest absolute Gasteiger partial charge is 0.128 e. The molecule has 3 aromatic rings. The highest BCUT2D eigenvalue weighted by Gasteiger charge is 2.21. The van der Waals surface area contributed by atoms with E-state index in [-0.39, 0.29) is 12.4 Å². The van der Waals surface area contributed by atoms with Crippen molar-refractivity contribution < 1.29 is 4.74 Å². The Hall–Kier alpha value is -2.33. The van der Waals surface area contributed by atoms with Crippen molar-refractivity contribution in [2.75, 3.05) is 19.5 Å². The molecule has 0 aliphatic heterocycles. The van der Waals surface area contributed by atoms with Crippen LogP contribution in [0, 0.1) is 0 Å². The SMILES string of the molecule is CNc1cc2nc(-c3ccc(C4CCC4)cc3OC)ccc2cn1.Cl. The maximum Gasteiger partial charge on any atom is 0.128 e. The number of nitrogens with zero attached hydrogens (tertiary/aromatic N) is 2. The second kappa shape index (κ2) is 7.28. The van der Waals surface area contributed by atoms with Crippen LogP contribution >= 0.6 is 12.4 Å². The largest absolute Gasteiger partial charge is 0.496 e. The van der Waals surface area contributed by atoms with Gasteiger partial charge in [-0.1, -0.05) is 12.5 Å². The molecule has 1 N–H and O–H groups in total. The molecule has 0 spiro atoms. The summed E-state index contributed by atoms with van der Waals surface area (Å²) in [6.45, 7) is 0. The third-order valence-electron chi connectivity index (χ3n) is 4.91. The number of nitrogens with one attached hydrogen (secondary N) is 1. The molecule has 0 saturated heterocycles. The summed E-state index contributed by atoms with van der Waals surface area (Å²) in [6, 6.07) is 12.6. The lowest BCUT2D eigenvalue weighted by Gasteiger charge is -2.26. The summed E-state index contributed by atoms with van der Waals surface area (Å²) in [7, 11) is 3.59. The van der Waals surface area contributed by atoms with Crippen molar-refractivity contribution in [1.82, 2.24) is 9.97 Å². The molecule has 4 nitrogen and oxygen atoms in total. The fraction of sp³-hybridized carbons (Fsp3) is 0.300. The van der Waals surface area contributed by atoms with Gasteiger partial charge in [0.25, 0.3) is 0 Å². The molecule has 4 rings (SSSR count). The van der Waals surface area contributed by atoms with E-state index < -0.39 is 0 Å². The van der Waals surface area contributed by atoms with E-state index >= 15 is 0 Å². The van der Waals surface area contributed by atoms with Gasteiger partial charge in [0.05, 0.1) is 18.3 Å². The number of pyridine rings is 2. The van der Waals surface area contributed by atoms with E-state index in [0.29, 0.717) is 5.92 Å². The molecule has 25 heavy (non-hydrogen) atoms. The molecule has 1 saturated carbocycles. The van der Waals surface area contributed by atoms with Crippen molar-refractivity contribution in [2.45, 2.75) is 25.2 Å². The average Bonchev–Trinajstić information content (AvgIpc) is 2.59. The number of fused-ring (bicyclic) bond motifs is 1. The molecule has 2 aromatic heterocycles. The second-order valence-corrected chi connectivity index (χ2v) is 6.30. The van der Waals surface area contributed by atoms with E-state index in [0.717, 1.165) is 33.7 Å². The van der Waals surface area contributed by atoms with Crippen LogP contribution in [0.2, 0.25) is 0 Å². The van der Waals surface area contributed by atoms with E-state index in [1.54, 1.807) is 7.11 Å². The predicted molar refractivity (Wildman–Crippen MR) is 105 cm³/mol. The second-order valence-electron chi connectivity index (χ2n) is 6.30. The fourth-order valence-electron chi connectivity index (χ4n) is 3.22. The molecular weight excluding hydrogens is 334 g/mol. The summed E-state index contributed by atoms with van der Waals surface area (Å²) in [5.74, 6) is 2.41. The monoisotopic (exact) mass is 355 g/mol. The number of benzene rings is 1. The molecule has 0 amide bonds. The first-order chi connectivity index (χ1) is 11.8. The molecule has 1 aromatic carbocycles. The van der Waals surface area contributed by atoms with Crippen LogP contribution in [0.3, 0.4) is 0 Å². The highest BCUT2D eigenvalue weighted by atomic mass is 35.5. The zero-order valence-electron chi connectivity index (χ0n) is 14.5. The minimum Gasteiger partial charge on any atom is -0.496 e. The van der Waals surface area contributed by atoms with Gasteiger partial charge in [-0.05, 0) is 48.6 Å². The van der Waals surface area contributed by atoms with Gasteiger partial charge in [-0.25, -0.2) is 9.97 Å². The van der Waals surface area contributed by atoms with Crippen LogP contribution < -0.4 is 10.1 Å². The van der Waals surface area contributed by atoms with Gasteiger partial charge < -0.3 is 10.1 Å². The van der Waals surface area contributed by atoms with E-state index in [2.05, 4.69) is 34.6 Å². The molecule has 0 atom stereocenters. The van der Waals surface area contributed by atoms with Gasteiger partial charge in [-0.15, -0.1) is 12.4 Å². The lowest BCUT2D eigenvalue weighted by Crippen LogP contribution is -2.08. The third kappa shape index (κ3) is 3.27. The summed E-state index contributed by atoms with van der Waals surface area (Å²) < 4.78 is 5.65. The van der Waals surface area contributed by atoms with Crippen LogP contribution in [0.4, 0.5) is 5.82 Å². The number of rotatable bonds is 4. The summed E-state index contributed by atoms with van der Waals surface area (Å²) in [5, 5.41) is 4.09. The highest BCUT2D eigenvalue weighted by Crippen LogP contribution is 2.40.